The molecule has 144 valence electrons. The zero-order valence-electron chi connectivity index (χ0n) is 16.0. The molecule has 1 aromatic carbocycles. The van der Waals surface area contributed by atoms with E-state index in [1.807, 2.05) is 48.7 Å². The third-order valence-corrected chi connectivity index (χ3v) is 4.65. The van der Waals surface area contributed by atoms with Crippen molar-refractivity contribution in [2.75, 3.05) is 12.4 Å². The molecule has 4 rings (SSSR count). The number of carbonyl (C=O) groups excluding carboxylic acids is 1. The summed E-state index contributed by atoms with van der Waals surface area (Å²) >= 11 is 0. The molecule has 0 saturated heterocycles. The number of nitrogens with one attached hydrogen (secondary N) is 1. The molecule has 0 bridgehead atoms. The molecule has 1 aliphatic heterocycles. The Morgan fingerprint density at radius 3 is 2.82 bits per heavy atom. The molecule has 3 aromatic rings. The number of amides is 1. The van der Waals surface area contributed by atoms with Crippen molar-refractivity contribution < 1.29 is 14.3 Å². The number of nitrogens with zero attached hydrogens (tertiary/aromatic N) is 3. The molecule has 1 amide bonds. The minimum Gasteiger partial charge on any atom is -0.493 e. The fraction of sp³-hybridized carbons (Fsp3) is 0.286. The van der Waals surface area contributed by atoms with E-state index < -0.39 is 0 Å². The minimum atomic E-state index is -0.165. The topological polar surface area (TPSA) is 78.3 Å². The maximum Gasteiger partial charge on any atom is 0.226 e. The number of imidazole rings is 1. The van der Waals surface area contributed by atoms with Gasteiger partial charge in [0.15, 0.2) is 11.5 Å². The first-order chi connectivity index (χ1) is 13.6. The molecule has 1 atom stereocenters. The zero-order valence-corrected chi connectivity index (χ0v) is 16.0. The quantitative estimate of drug-likeness (QED) is 0.735. The van der Waals surface area contributed by atoms with Crippen molar-refractivity contribution in [1.82, 2.24) is 14.5 Å². The number of hydrogen-bond acceptors (Lipinski definition) is 5. The fourth-order valence-electron chi connectivity index (χ4n) is 3.43. The van der Waals surface area contributed by atoms with E-state index in [1.54, 1.807) is 25.8 Å². The highest BCUT2D eigenvalue weighted by atomic mass is 16.5. The molecule has 28 heavy (non-hydrogen) atoms. The first-order valence-corrected chi connectivity index (χ1v) is 9.19. The van der Waals surface area contributed by atoms with Gasteiger partial charge >= 0.3 is 0 Å². The number of rotatable bonds is 5. The standard InChI is InChI=1S/C21H22N4O3/c1-13(2)28-18-9-14(6-7-17(18)27-3)16-10-19(26)24-21-20(16)23-12-25(21)15-5-4-8-22-11-15/h4-9,11-13,16H,10H2,1-3H3,(H,24,26). The smallest absolute Gasteiger partial charge is 0.226 e. The van der Waals surface area contributed by atoms with Crippen LogP contribution in [-0.2, 0) is 4.79 Å². The number of methoxy groups -OCH3 is 1. The van der Waals surface area contributed by atoms with Crippen molar-refractivity contribution >= 4 is 11.7 Å². The second-order valence-electron chi connectivity index (χ2n) is 6.94. The average molecular weight is 378 g/mol. The summed E-state index contributed by atoms with van der Waals surface area (Å²) < 4.78 is 13.2. The number of benzene rings is 1. The molecule has 0 spiro atoms. The second-order valence-corrected chi connectivity index (χ2v) is 6.94. The highest BCUT2D eigenvalue weighted by molar-refractivity contribution is 5.94. The lowest BCUT2D eigenvalue weighted by atomic mass is 9.89. The van der Waals surface area contributed by atoms with E-state index in [1.165, 1.54) is 0 Å². The van der Waals surface area contributed by atoms with Gasteiger partial charge in [-0.1, -0.05) is 6.07 Å². The van der Waals surface area contributed by atoms with E-state index in [-0.39, 0.29) is 17.9 Å². The Bertz CT molecular complexity index is 998. The fourth-order valence-corrected chi connectivity index (χ4v) is 3.43. The lowest BCUT2D eigenvalue weighted by Crippen LogP contribution is -2.25. The van der Waals surface area contributed by atoms with Gasteiger partial charge in [-0.3, -0.25) is 14.3 Å². The van der Waals surface area contributed by atoms with Crippen molar-refractivity contribution in [2.24, 2.45) is 0 Å². The van der Waals surface area contributed by atoms with Gasteiger partial charge in [-0.05, 0) is 43.7 Å². The van der Waals surface area contributed by atoms with Gasteiger partial charge in [0.05, 0.1) is 30.8 Å². The van der Waals surface area contributed by atoms with Gasteiger partial charge in [-0.15, -0.1) is 0 Å². The van der Waals surface area contributed by atoms with Gasteiger partial charge in [0.1, 0.15) is 12.1 Å². The lowest BCUT2D eigenvalue weighted by molar-refractivity contribution is -0.116. The van der Waals surface area contributed by atoms with Gasteiger partial charge in [0.2, 0.25) is 5.91 Å². The predicted octanol–water partition coefficient (Wildman–Crippen LogP) is 3.54. The zero-order chi connectivity index (χ0) is 19.7. The Morgan fingerprint density at radius 1 is 1.25 bits per heavy atom. The third kappa shape index (κ3) is 3.31. The first-order valence-electron chi connectivity index (χ1n) is 9.19. The van der Waals surface area contributed by atoms with Crippen LogP contribution in [0.2, 0.25) is 0 Å². The summed E-state index contributed by atoms with van der Waals surface area (Å²) in [7, 11) is 1.61. The van der Waals surface area contributed by atoms with Crippen LogP contribution in [-0.4, -0.2) is 33.7 Å². The maximum atomic E-state index is 12.5. The van der Waals surface area contributed by atoms with Crippen LogP contribution in [0, 0.1) is 0 Å². The average Bonchev–Trinajstić information content (AvgIpc) is 3.11. The predicted molar refractivity (Wildman–Crippen MR) is 105 cm³/mol. The number of hydrogen-bond donors (Lipinski definition) is 1. The van der Waals surface area contributed by atoms with E-state index in [2.05, 4.69) is 15.3 Å². The van der Waals surface area contributed by atoms with Crippen LogP contribution in [0.3, 0.4) is 0 Å². The summed E-state index contributed by atoms with van der Waals surface area (Å²) in [5, 5.41) is 2.95. The van der Waals surface area contributed by atoms with Gasteiger partial charge in [-0.2, -0.15) is 0 Å². The Kier molecular flexibility index (Phi) is 4.73. The van der Waals surface area contributed by atoms with Crippen molar-refractivity contribution in [2.45, 2.75) is 32.3 Å². The normalized spacial score (nSPS) is 15.9. The summed E-state index contributed by atoms with van der Waals surface area (Å²) in [6.45, 7) is 3.93. The molecule has 2 aromatic heterocycles. The molecule has 7 heteroatoms. The lowest BCUT2D eigenvalue weighted by Gasteiger charge is -2.24. The maximum absolute atomic E-state index is 12.5. The van der Waals surface area contributed by atoms with E-state index >= 15 is 0 Å². The van der Waals surface area contributed by atoms with Crippen LogP contribution in [0.25, 0.3) is 5.69 Å². The summed E-state index contributed by atoms with van der Waals surface area (Å²) in [5.74, 6) is 1.79. The number of anilines is 1. The Hall–Kier alpha value is -3.35. The summed E-state index contributed by atoms with van der Waals surface area (Å²) in [6, 6.07) is 9.55. The van der Waals surface area contributed by atoms with E-state index in [4.69, 9.17) is 9.47 Å². The van der Waals surface area contributed by atoms with Crippen LogP contribution in [0.15, 0.2) is 49.1 Å². The number of fused-ring (bicyclic) bond motifs is 1. The molecular formula is C21H22N4O3. The molecule has 1 unspecified atom stereocenters. The second kappa shape index (κ2) is 7.34. The molecule has 3 heterocycles. The number of ether oxygens (including phenoxy) is 2. The third-order valence-electron chi connectivity index (χ3n) is 4.65. The highest BCUT2D eigenvalue weighted by Gasteiger charge is 2.31. The van der Waals surface area contributed by atoms with Crippen LogP contribution >= 0.6 is 0 Å². The molecule has 7 nitrogen and oxygen atoms in total. The molecule has 0 radical (unpaired) electrons. The SMILES string of the molecule is COc1ccc(C2CC(=O)Nc3c2ncn3-c2cccnc2)cc1OC(C)C. The summed E-state index contributed by atoms with van der Waals surface area (Å²) in [4.78, 5) is 21.2. The monoisotopic (exact) mass is 378 g/mol. The van der Waals surface area contributed by atoms with Crippen LogP contribution in [0.4, 0.5) is 5.82 Å². The highest BCUT2D eigenvalue weighted by Crippen LogP contribution is 2.40. The number of carbonyl (C=O) groups is 1. The molecule has 0 saturated carbocycles. The Morgan fingerprint density at radius 2 is 2.11 bits per heavy atom. The Balaban J connectivity index is 1.77. The Labute approximate surface area is 163 Å². The van der Waals surface area contributed by atoms with Gasteiger partial charge in [0.25, 0.3) is 0 Å². The van der Waals surface area contributed by atoms with Crippen LogP contribution < -0.4 is 14.8 Å². The van der Waals surface area contributed by atoms with Crippen molar-refractivity contribution in [1.29, 1.82) is 0 Å². The number of aromatic nitrogens is 3. The van der Waals surface area contributed by atoms with Crippen molar-refractivity contribution in [3.05, 3.63) is 60.3 Å². The van der Waals surface area contributed by atoms with E-state index in [0.29, 0.717) is 23.7 Å². The number of pyridine rings is 1. The molecule has 0 aliphatic carbocycles. The molecular weight excluding hydrogens is 356 g/mol. The van der Waals surface area contributed by atoms with Gasteiger partial charge in [-0.25, -0.2) is 4.98 Å². The van der Waals surface area contributed by atoms with Gasteiger partial charge < -0.3 is 14.8 Å². The van der Waals surface area contributed by atoms with Gasteiger partial charge in [0, 0.05) is 18.5 Å². The van der Waals surface area contributed by atoms with E-state index in [9.17, 15) is 4.79 Å². The summed E-state index contributed by atoms with van der Waals surface area (Å²) in [5.41, 5.74) is 2.63. The largest absolute Gasteiger partial charge is 0.493 e. The van der Waals surface area contributed by atoms with E-state index in [0.717, 1.165) is 16.9 Å². The minimum absolute atomic E-state index is 0.0131. The van der Waals surface area contributed by atoms with Crippen LogP contribution in [0.5, 0.6) is 11.5 Å². The van der Waals surface area contributed by atoms with Crippen molar-refractivity contribution in [3.63, 3.8) is 0 Å². The van der Waals surface area contributed by atoms with Crippen LogP contribution in [0.1, 0.15) is 37.4 Å². The molecule has 1 N–H and O–H groups in total. The molecule has 1 aliphatic rings. The molecule has 0 fully saturated rings. The first kappa shape index (κ1) is 18.0. The van der Waals surface area contributed by atoms with Crippen molar-refractivity contribution in [3.8, 4) is 17.2 Å². The summed E-state index contributed by atoms with van der Waals surface area (Å²) in [6.07, 6.45) is 5.50.